The third-order valence-corrected chi connectivity index (χ3v) is 6.43. The highest BCUT2D eigenvalue weighted by Gasteiger charge is 2.37. The van der Waals surface area contributed by atoms with Crippen molar-refractivity contribution in [3.05, 3.63) is 0 Å². The minimum Gasteiger partial charge on any atom is -0.314 e. The predicted octanol–water partition coefficient (Wildman–Crippen LogP) is 0.0942. The molecule has 0 amide bonds. The molecular formula is C12H25N3O2S. The fourth-order valence-corrected chi connectivity index (χ4v) is 4.63. The molecule has 2 unspecified atom stereocenters. The molecule has 0 aromatic rings. The van der Waals surface area contributed by atoms with Crippen molar-refractivity contribution >= 4 is 10.0 Å². The van der Waals surface area contributed by atoms with Crippen molar-refractivity contribution in [2.45, 2.75) is 38.0 Å². The van der Waals surface area contributed by atoms with Crippen LogP contribution in [0.15, 0.2) is 0 Å². The molecule has 5 nitrogen and oxygen atoms in total. The van der Waals surface area contributed by atoms with Crippen LogP contribution in [0.4, 0.5) is 0 Å². The SMILES string of the molecule is CCN1CCCC(N2CCNCC(C)S2(=O)=O)C1. The van der Waals surface area contributed by atoms with Crippen LogP contribution >= 0.6 is 0 Å². The molecule has 6 heteroatoms. The smallest absolute Gasteiger partial charge is 0.218 e. The quantitative estimate of drug-likeness (QED) is 0.776. The molecule has 0 saturated carbocycles. The fourth-order valence-electron chi connectivity index (χ4n) is 2.90. The van der Waals surface area contributed by atoms with Gasteiger partial charge in [-0.2, -0.15) is 4.31 Å². The largest absolute Gasteiger partial charge is 0.314 e. The lowest BCUT2D eigenvalue weighted by molar-refractivity contribution is 0.155. The number of hydrogen-bond donors (Lipinski definition) is 1. The summed E-state index contributed by atoms with van der Waals surface area (Å²) >= 11 is 0. The average Bonchev–Trinajstić information content (AvgIpc) is 2.50. The molecule has 2 atom stereocenters. The summed E-state index contributed by atoms with van der Waals surface area (Å²) in [5.41, 5.74) is 0. The molecule has 0 spiro atoms. The fraction of sp³-hybridized carbons (Fsp3) is 1.00. The Morgan fingerprint density at radius 2 is 2.11 bits per heavy atom. The Labute approximate surface area is 111 Å². The maximum absolute atomic E-state index is 12.5. The first-order valence-electron chi connectivity index (χ1n) is 6.99. The topological polar surface area (TPSA) is 52.6 Å². The van der Waals surface area contributed by atoms with E-state index in [4.69, 9.17) is 0 Å². The van der Waals surface area contributed by atoms with E-state index < -0.39 is 10.0 Å². The molecule has 18 heavy (non-hydrogen) atoms. The van der Waals surface area contributed by atoms with Gasteiger partial charge in [0, 0.05) is 32.2 Å². The Balaban J connectivity index is 2.14. The highest BCUT2D eigenvalue weighted by molar-refractivity contribution is 7.89. The van der Waals surface area contributed by atoms with E-state index in [2.05, 4.69) is 17.1 Å². The first-order chi connectivity index (χ1) is 8.55. The molecule has 2 heterocycles. The zero-order chi connectivity index (χ0) is 13.2. The molecule has 2 aliphatic rings. The maximum atomic E-state index is 12.5. The Bertz CT molecular complexity index is 372. The minimum absolute atomic E-state index is 0.172. The van der Waals surface area contributed by atoms with E-state index in [1.165, 1.54) is 0 Å². The van der Waals surface area contributed by atoms with E-state index >= 15 is 0 Å². The van der Waals surface area contributed by atoms with Gasteiger partial charge < -0.3 is 10.2 Å². The normalized spacial score (nSPS) is 35.2. The van der Waals surface area contributed by atoms with Gasteiger partial charge >= 0.3 is 0 Å². The summed E-state index contributed by atoms with van der Waals surface area (Å²) in [5, 5.41) is 2.90. The standard InChI is InChI=1S/C12H25N3O2S/c1-3-14-7-4-5-12(10-14)15-8-6-13-9-11(2)18(15,16)17/h11-13H,3-10H2,1-2H3. The van der Waals surface area contributed by atoms with Crippen molar-refractivity contribution in [2.75, 3.05) is 39.3 Å². The van der Waals surface area contributed by atoms with E-state index in [1.807, 2.05) is 0 Å². The van der Waals surface area contributed by atoms with Crippen molar-refractivity contribution in [3.8, 4) is 0 Å². The molecule has 0 aliphatic carbocycles. The van der Waals surface area contributed by atoms with Gasteiger partial charge in [-0.1, -0.05) is 6.92 Å². The molecule has 0 aromatic carbocycles. The molecule has 2 saturated heterocycles. The number of piperidine rings is 1. The van der Waals surface area contributed by atoms with E-state index in [9.17, 15) is 8.42 Å². The number of nitrogens with one attached hydrogen (secondary N) is 1. The summed E-state index contributed by atoms with van der Waals surface area (Å²) in [6, 6.07) is 0.172. The average molecular weight is 275 g/mol. The van der Waals surface area contributed by atoms with Crippen LogP contribution in [0, 0.1) is 0 Å². The van der Waals surface area contributed by atoms with Gasteiger partial charge in [0.15, 0.2) is 0 Å². The summed E-state index contributed by atoms with van der Waals surface area (Å²) in [7, 11) is -3.13. The van der Waals surface area contributed by atoms with Gasteiger partial charge in [0.25, 0.3) is 0 Å². The number of sulfonamides is 1. The van der Waals surface area contributed by atoms with Crippen LogP contribution in [-0.2, 0) is 10.0 Å². The lowest BCUT2D eigenvalue weighted by Crippen LogP contribution is -2.52. The zero-order valence-electron chi connectivity index (χ0n) is 11.4. The first kappa shape index (κ1) is 14.2. The molecule has 1 N–H and O–H groups in total. The lowest BCUT2D eigenvalue weighted by atomic mass is 10.1. The summed E-state index contributed by atoms with van der Waals surface area (Å²) in [6.45, 7) is 8.92. The molecular weight excluding hydrogens is 250 g/mol. The van der Waals surface area contributed by atoms with Gasteiger partial charge in [-0.15, -0.1) is 0 Å². The second kappa shape index (κ2) is 5.86. The van der Waals surface area contributed by atoms with Crippen molar-refractivity contribution in [1.82, 2.24) is 14.5 Å². The van der Waals surface area contributed by atoms with Crippen LogP contribution in [0.1, 0.15) is 26.7 Å². The van der Waals surface area contributed by atoms with E-state index in [-0.39, 0.29) is 11.3 Å². The van der Waals surface area contributed by atoms with E-state index in [1.54, 1.807) is 11.2 Å². The molecule has 0 radical (unpaired) electrons. The molecule has 0 bridgehead atoms. The van der Waals surface area contributed by atoms with Crippen molar-refractivity contribution in [1.29, 1.82) is 0 Å². The van der Waals surface area contributed by atoms with Gasteiger partial charge in [-0.25, -0.2) is 8.42 Å². The van der Waals surface area contributed by atoms with Gasteiger partial charge in [0.05, 0.1) is 5.25 Å². The molecule has 0 aromatic heterocycles. The Hall–Kier alpha value is -0.170. The summed E-state index contributed by atoms with van der Waals surface area (Å²) in [4.78, 5) is 2.35. The summed E-state index contributed by atoms with van der Waals surface area (Å²) < 4.78 is 26.8. The molecule has 106 valence electrons. The van der Waals surface area contributed by atoms with Crippen LogP contribution < -0.4 is 5.32 Å². The van der Waals surface area contributed by atoms with Gasteiger partial charge in [-0.05, 0) is 32.9 Å². The number of likely N-dealkylation sites (N-methyl/N-ethyl adjacent to an activating group) is 1. The van der Waals surface area contributed by atoms with Gasteiger partial charge in [0.1, 0.15) is 0 Å². The monoisotopic (exact) mass is 275 g/mol. The van der Waals surface area contributed by atoms with E-state index in [0.29, 0.717) is 13.1 Å². The van der Waals surface area contributed by atoms with Crippen LogP contribution in [0.25, 0.3) is 0 Å². The third-order valence-electron chi connectivity index (χ3n) is 4.11. The molecule has 2 aliphatic heterocycles. The second-order valence-corrected chi connectivity index (χ2v) is 7.66. The predicted molar refractivity (Wildman–Crippen MR) is 73.1 cm³/mol. The van der Waals surface area contributed by atoms with E-state index in [0.717, 1.165) is 39.0 Å². The Morgan fingerprint density at radius 3 is 2.83 bits per heavy atom. The highest BCUT2D eigenvalue weighted by Crippen LogP contribution is 2.21. The van der Waals surface area contributed by atoms with Crippen molar-refractivity contribution < 1.29 is 8.42 Å². The minimum atomic E-state index is -3.13. The van der Waals surface area contributed by atoms with Crippen molar-refractivity contribution in [3.63, 3.8) is 0 Å². The molecule has 2 rings (SSSR count). The van der Waals surface area contributed by atoms with Crippen LogP contribution in [-0.4, -0.2) is 68.2 Å². The van der Waals surface area contributed by atoms with Crippen molar-refractivity contribution in [2.24, 2.45) is 0 Å². The van der Waals surface area contributed by atoms with Crippen LogP contribution in [0.3, 0.4) is 0 Å². The number of rotatable bonds is 2. The number of hydrogen-bond acceptors (Lipinski definition) is 4. The molecule has 2 fully saturated rings. The maximum Gasteiger partial charge on any atom is 0.218 e. The highest BCUT2D eigenvalue weighted by atomic mass is 32.2. The zero-order valence-corrected chi connectivity index (χ0v) is 12.2. The number of likely N-dealkylation sites (tertiary alicyclic amines) is 1. The first-order valence-corrected chi connectivity index (χ1v) is 8.49. The summed E-state index contributed by atoms with van der Waals surface area (Å²) in [5.74, 6) is 0. The number of nitrogens with zero attached hydrogens (tertiary/aromatic N) is 2. The third kappa shape index (κ3) is 2.87. The van der Waals surface area contributed by atoms with Crippen LogP contribution in [0.5, 0.6) is 0 Å². The van der Waals surface area contributed by atoms with Crippen LogP contribution in [0.2, 0.25) is 0 Å². The Morgan fingerprint density at radius 1 is 1.33 bits per heavy atom. The summed E-state index contributed by atoms with van der Waals surface area (Å²) in [6.07, 6.45) is 2.11. The lowest BCUT2D eigenvalue weighted by Gasteiger charge is -2.38. The van der Waals surface area contributed by atoms with Gasteiger partial charge in [-0.3, -0.25) is 0 Å². The van der Waals surface area contributed by atoms with Gasteiger partial charge in [0.2, 0.25) is 10.0 Å². The Kier molecular flexibility index (Phi) is 4.64. The second-order valence-electron chi connectivity index (χ2n) is 5.36.